The fourth-order valence-corrected chi connectivity index (χ4v) is 2.27. The van der Waals surface area contributed by atoms with E-state index in [4.69, 9.17) is 10.2 Å². The van der Waals surface area contributed by atoms with Gasteiger partial charge in [0.1, 0.15) is 11.6 Å². The molecule has 2 aromatic rings. The van der Waals surface area contributed by atoms with E-state index in [1.807, 2.05) is 0 Å². The van der Waals surface area contributed by atoms with Gasteiger partial charge in [-0.05, 0) is 18.2 Å². The van der Waals surface area contributed by atoms with E-state index in [2.05, 4.69) is 9.71 Å². The highest BCUT2D eigenvalue weighted by Gasteiger charge is 2.14. The zero-order chi connectivity index (χ0) is 12.3. The third-order valence-electron chi connectivity index (χ3n) is 2.08. The second-order valence-corrected chi connectivity index (χ2v) is 5.09. The molecule has 7 heteroatoms. The maximum absolute atomic E-state index is 11.8. The first-order chi connectivity index (χ1) is 8.08. The van der Waals surface area contributed by atoms with Crippen LogP contribution in [0.3, 0.4) is 0 Å². The van der Waals surface area contributed by atoms with Gasteiger partial charge in [-0.3, -0.25) is 0 Å². The summed E-state index contributed by atoms with van der Waals surface area (Å²) in [5, 5.41) is 0. The Hall–Kier alpha value is -1.86. The van der Waals surface area contributed by atoms with Crippen molar-refractivity contribution in [3.8, 4) is 0 Å². The summed E-state index contributed by atoms with van der Waals surface area (Å²) in [7, 11) is -3.59. The molecule has 0 saturated heterocycles. The molecule has 2 rings (SSSR count). The summed E-state index contributed by atoms with van der Waals surface area (Å²) in [4.78, 5) is 3.81. The molecule has 0 amide bonds. The van der Waals surface area contributed by atoms with Crippen LogP contribution in [0.4, 0.5) is 5.82 Å². The topological polar surface area (TPSA) is 98.2 Å². The average molecular weight is 253 g/mol. The van der Waals surface area contributed by atoms with E-state index < -0.39 is 10.0 Å². The van der Waals surface area contributed by atoms with Crippen molar-refractivity contribution in [3.05, 3.63) is 42.5 Å². The van der Waals surface area contributed by atoms with Crippen LogP contribution in [-0.4, -0.2) is 13.4 Å². The Morgan fingerprint density at radius 1 is 1.41 bits per heavy atom. The van der Waals surface area contributed by atoms with E-state index in [0.29, 0.717) is 5.76 Å². The molecule has 0 fully saturated rings. The van der Waals surface area contributed by atoms with Gasteiger partial charge >= 0.3 is 0 Å². The quantitative estimate of drug-likeness (QED) is 0.837. The van der Waals surface area contributed by atoms with Crippen LogP contribution in [0, 0.1) is 0 Å². The summed E-state index contributed by atoms with van der Waals surface area (Å²) in [5.41, 5.74) is 5.42. The van der Waals surface area contributed by atoms with E-state index in [1.165, 1.54) is 24.6 Å². The molecule has 0 aliphatic heterocycles. The van der Waals surface area contributed by atoms with E-state index in [-0.39, 0.29) is 17.3 Å². The Labute approximate surface area is 98.5 Å². The summed E-state index contributed by atoms with van der Waals surface area (Å²) in [5.74, 6) is 0.696. The summed E-state index contributed by atoms with van der Waals surface area (Å²) in [6.07, 6.45) is 2.82. The summed E-state index contributed by atoms with van der Waals surface area (Å²) in [6, 6.07) is 6.04. The SMILES string of the molecule is Nc1cc(S(=O)(=O)NCc2ccco2)ccn1. The molecule has 0 aliphatic rings. The number of anilines is 1. The molecule has 0 spiro atoms. The van der Waals surface area contributed by atoms with Crippen LogP contribution in [0.15, 0.2) is 46.0 Å². The molecule has 6 nitrogen and oxygen atoms in total. The third kappa shape index (κ3) is 2.83. The highest BCUT2D eigenvalue weighted by atomic mass is 32.2. The molecular formula is C10H11N3O3S. The zero-order valence-corrected chi connectivity index (χ0v) is 9.65. The van der Waals surface area contributed by atoms with Crippen LogP contribution in [0.1, 0.15) is 5.76 Å². The molecule has 0 unspecified atom stereocenters. The molecule has 2 aromatic heterocycles. The number of furan rings is 1. The van der Waals surface area contributed by atoms with Crippen molar-refractivity contribution in [1.29, 1.82) is 0 Å². The smallest absolute Gasteiger partial charge is 0.241 e. The predicted molar refractivity (Wildman–Crippen MR) is 61.4 cm³/mol. The fourth-order valence-electron chi connectivity index (χ4n) is 1.26. The maximum atomic E-state index is 11.8. The van der Waals surface area contributed by atoms with Crippen LogP contribution in [0.2, 0.25) is 0 Å². The Morgan fingerprint density at radius 3 is 2.88 bits per heavy atom. The second kappa shape index (κ2) is 4.56. The monoisotopic (exact) mass is 253 g/mol. The lowest BCUT2D eigenvalue weighted by molar-refractivity contribution is 0.498. The molecule has 90 valence electrons. The van der Waals surface area contributed by atoms with Gasteiger partial charge in [0.25, 0.3) is 0 Å². The molecule has 0 bridgehead atoms. The van der Waals surface area contributed by atoms with Crippen LogP contribution in [0.5, 0.6) is 0 Å². The maximum Gasteiger partial charge on any atom is 0.241 e. The standard InChI is InChI=1S/C10H11N3O3S/c11-10-6-9(3-4-12-10)17(14,15)13-7-8-2-1-5-16-8/h1-6,13H,7H2,(H2,11,12). The minimum Gasteiger partial charge on any atom is -0.468 e. The number of rotatable bonds is 4. The number of pyridine rings is 1. The van der Waals surface area contributed by atoms with Crippen LogP contribution < -0.4 is 10.5 Å². The van der Waals surface area contributed by atoms with Crippen molar-refractivity contribution in [2.75, 3.05) is 5.73 Å². The number of nitrogens with zero attached hydrogens (tertiary/aromatic N) is 1. The fraction of sp³-hybridized carbons (Fsp3) is 0.100. The summed E-state index contributed by atoms with van der Waals surface area (Å²) < 4.78 is 31.1. The number of sulfonamides is 1. The summed E-state index contributed by atoms with van der Waals surface area (Å²) >= 11 is 0. The minimum atomic E-state index is -3.59. The lowest BCUT2D eigenvalue weighted by Gasteiger charge is -2.05. The predicted octanol–water partition coefficient (Wildman–Crippen LogP) is 0.735. The molecule has 0 aromatic carbocycles. The number of nitrogen functional groups attached to an aromatic ring is 1. The van der Waals surface area contributed by atoms with Gasteiger partial charge in [0.2, 0.25) is 10.0 Å². The molecule has 0 radical (unpaired) electrons. The highest BCUT2D eigenvalue weighted by molar-refractivity contribution is 7.89. The van der Waals surface area contributed by atoms with Gasteiger partial charge in [0.05, 0.1) is 17.7 Å². The van der Waals surface area contributed by atoms with Crippen molar-refractivity contribution in [1.82, 2.24) is 9.71 Å². The highest BCUT2D eigenvalue weighted by Crippen LogP contribution is 2.11. The van der Waals surface area contributed by atoms with Crippen molar-refractivity contribution in [2.24, 2.45) is 0 Å². The first kappa shape index (κ1) is 11.6. The Bertz CT molecular complexity index is 593. The van der Waals surface area contributed by atoms with Crippen LogP contribution in [-0.2, 0) is 16.6 Å². The van der Waals surface area contributed by atoms with Crippen LogP contribution in [0.25, 0.3) is 0 Å². The number of aromatic nitrogens is 1. The van der Waals surface area contributed by atoms with Crippen LogP contribution >= 0.6 is 0 Å². The minimum absolute atomic E-state index is 0.0801. The van der Waals surface area contributed by atoms with E-state index in [0.717, 1.165) is 0 Å². The van der Waals surface area contributed by atoms with Crippen molar-refractivity contribution >= 4 is 15.8 Å². The molecule has 0 aliphatic carbocycles. The number of nitrogens with one attached hydrogen (secondary N) is 1. The first-order valence-corrected chi connectivity index (χ1v) is 6.30. The van der Waals surface area contributed by atoms with Gasteiger partial charge in [-0.25, -0.2) is 18.1 Å². The van der Waals surface area contributed by atoms with E-state index >= 15 is 0 Å². The van der Waals surface area contributed by atoms with Gasteiger partial charge in [0, 0.05) is 12.3 Å². The summed E-state index contributed by atoms with van der Waals surface area (Å²) in [6.45, 7) is 0.0948. The normalized spacial score (nSPS) is 11.5. The van der Waals surface area contributed by atoms with Crippen molar-refractivity contribution < 1.29 is 12.8 Å². The molecule has 0 atom stereocenters. The molecule has 3 N–H and O–H groups in total. The largest absolute Gasteiger partial charge is 0.468 e. The lowest BCUT2D eigenvalue weighted by atomic mass is 10.5. The molecule has 17 heavy (non-hydrogen) atoms. The van der Waals surface area contributed by atoms with Gasteiger partial charge in [-0.15, -0.1) is 0 Å². The van der Waals surface area contributed by atoms with E-state index in [9.17, 15) is 8.42 Å². The molecule has 0 saturated carbocycles. The first-order valence-electron chi connectivity index (χ1n) is 4.81. The Balaban J connectivity index is 2.14. The van der Waals surface area contributed by atoms with Crippen molar-refractivity contribution in [2.45, 2.75) is 11.4 Å². The number of nitrogens with two attached hydrogens (primary N) is 1. The van der Waals surface area contributed by atoms with Gasteiger partial charge in [-0.1, -0.05) is 0 Å². The molecule has 2 heterocycles. The molecular weight excluding hydrogens is 242 g/mol. The van der Waals surface area contributed by atoms with Gasteiger partial charge in [-0.2, -0.15) is 0 Å². The number of hydrogen-bond acceptors (Lipinski definition) is 5. The lowest BCUT2D eigenvalue weighted by Crippen LogP contribution is -2.23. The average Bonchev–Trinajstić information content (AvgIpc) is 2.79. The Morgan fingerprint density at radius 2 is 2.24 bits per heavy atom. The number of hydrogen-bond donors (Lipinski definition) is 2. The second-order valence-electron chi connectivity index (χ2n) is 3.32. The Kier molecular flexibility index (Phi) is 3.12. The van der Waals surface area contributed by atoms with E-state index in [1.54, 1.807) is 12.1 Å². The van der Waals surface area contributed by atoms with Gasteiger partial charge in [0.15, 0.2) is 0 Å². The van der Waals surface area contributed by atoms with Crippen molar-refractivity contribution in [3.63, 3.8) is 0 Å². The van der Waals surface area contributed by atoms with Gasteiger partial charge < -0.3 is 10.2 Å². The third-order valence-corrected chi connectivity index (χ3v) is 3.48. The zero-order valence-electron chi connectivity index (χ0n) is 8.83.